The van der Waals surface area contributed by atoms with Crippen molar-refractivity contribution in [3.8, 4) is 0 Å². The van der Waals surface area contributed by atoms with Gasteiger partial charge in [0, 0.05) is 48.1 Å². The number of benzene rings is 4. The van der Waals surface area contributed by atoms with Gasteiger partial charge in [-0.05, 0) is 161 Å². The van der Waals surface area contributed by atoms with Crippen LogP contribution in [0.15, 0.2) is 118 Å². The number of primary amides is 3. The Bertz CT molecular complexity index is 4860. The number of piperidine rings is 1. The molecule has 4 aromatic carbocycles. The van der Waals surface area contributed by atoms with E-state index in [1.165, 1.54) is 52.0 Å². The summed E-state index contributed by atoms with van der Waals surface area (Å²) in [6.07, 6.45) is 7.73. The summed E-state index contributed by atoms with van der Waals surface area (Å²) in [7, 11) is -3.65. The van der Waals surface area contributed by atoms with Crippen molar-refractivity contribution in [2.24, 2.45) is 17.2 Å². The lowest BCUT2D eigenvalue weighted by molar-refractivity contribution is 0.0205. The third-order valence-electron chi connectivity index (χ3n) is 15.6. The molecule has 0 bridgehead atoms. The zero-order valence-electron chi connectivity index (χ0n) is 66.3. The number of anilines is 9. The van der Waals surface area contributed by atoms with E-state index in [4.69, 9.17) is 43.0 Å². The first-order chi connectivity index (χ1) is 53.9. The largest absolute Gasteiger partial charge is 0.461 e. The molecule has 10 rings (SSSR count). The van der Waals surface area contributed by atoms with Gasteiger partial charge >= 0.3 is 18.0 Å². The third-order valence-corrected chi connectivity index (χ3v) is 18.3. The number of hydrogen-bond donors (Lipinski definition) is 8. The van der Waals surface area contributed by atoms with Gasteiger partial charge in [0.05, 0.1) is 13.2 Å². The second-order valence-corrected chi connectivity index (χ2v) is 31.5. The van der Waals surface area contributed by atoms with Gasteiger partial charge in [0.1, 0.15) is 5.60 Å². The van der Waals surface area contributed by atoms with Gasteiger partial charge in [0.2, 0.25) is 42.6 Å². The first kappa shape index (κ1) is 91.7. The average molecular weight is 1660 g/mol. The highest BCUT2D eigenvalue weighted by atomic mass is 35.5. The molecule has 0 radical (unpaired) electrons. The highest BCUT2D eigenvalue weighted by Crippen LogP contribution is 2.29. The number of carbonyl (C=O) groups is 6. The van der Waals surface area contributed by atoms with Gasteiger partial charge in [0.15, 0.2) is 45.5 Å². The Morgan fingerprint density at radius 2 is 0.825 bits per heavy atom. The minimum absolute atomic E-state index is 0.0165. The molecule has 9 aromatic rings. The second kappa shape index (κ2) is 43.8. The SMILES string of the molecule is CC(C)c1ccc(Nc2nc(N[C@H]3CCCN(C(=O)OC(C)(C)C)C3)nnc2C(N)=O)cc1.CC(C)c1ccc(Nc2nc(S(C)(=O)=O)nnc2C(N)=O)cc1.CCOC(=O)c1nnc(SC)nc1Cl.CCOC(=O)c1nnc(SC)nc1Nc1ccc(C(C)C)cc1.CSc1nnc(C(N)=O)c(Nc2ccc(C(C)C)cc2)n1. The number of likely N-dealkylation sites (tertiary alicyclic amines) is 1. The average Bonchev–Trinajstić information content (AvgIpc) is 0.818. The molecule has 1 saturated heterocycles. The summed E-state index contributed by atoms with van der Waals surface area (Å²) in [6.45, 7) is 27.5. The Hall–Kier alpha value is -11.2. The molecule has 0 unspecified atom stereocenters. The molecule has 1 fully saturated rings. The molecule has 6 heterocycles. The van der Waals surface area contributed by atoms with E-state index in [0.29, 0.717) is 69.6 Å². The number of thioether (sulfide) groups is 3. The molecule has 40 heteroatoms. The van der Waals surface area contributed by atoms with Crippen molar-refractivity contribution >= 4 is 144 Å². The Morgan fingerprint density at radius 3 is 1.18 bits per heavy atom. The summed E-state index contributed by atoms with van der Waals surface area (Å²) >= 11 is 9.71. The molecular weight excluding hydrogens is 1560 g/mol. The van der Waals surface area contributed by atoms with Crippen molar-refractivity contribution in [3.63, 3.8) is 0 Å². The van der Waals surface area contributed by atoms with Crippen molar-refractivity contribution in [1.29, 1.82) is 0 Å². The summed E-state index contributed by atoms with van der Waals surface area (Å²) in [5.74, 6) is -0.597. The maximum Gasteiger partial charge on any atom is 0.410 e. The summed E-state index contributed by atoms with van der Waals surface area (Å²) in [6, 6.07) is 31.1. The minimum atomic E-state index is -3.65. The van der Waals surface area contributed by atoms with E-state index in [-0.39, 0.29) is 76.6 Å². The molecule has 5 aromatic heterocycles. The van der Waals surface area contributed by atoms with Crippen LogP contribution in [-0.4, -0.2) is 188 Å². The summed E-state index contributed by atoms with van der Waals surface area (Å²) < 4.78 is 38.3. The number of amides is 4. The molecule has 35 nitrogen and oxygen atoms in total. The monoisotopic (exact) mass is 1660 g/mol. The molecule has 11 N–H and O–H groups in total. The van der Waals surface area contributed by atoms with Crippen LogP contribution in [0.1, 0.15) is 201 Å². The van der Waals surface area contributed by atoms with Gasteiger partial charge < -0.3 is 62.9 Å². The Labute approximate surface area is 679 Å². The van der Waals surface area contributed by atoms with Crippen molar-refractivity contribution in [2.45, 2.75) is 159 Å². The molecule has 608 valence electrons. The summed E-state index contributed by atoms with van der Waals surface area (Å²) in [4.78, 5) is 92.6. The number of nitrogens with zero attached hydrogens (tertiary/aromatic N) is 16. The Kier molecular flexibility index (Phi) is 35.2. The number of nitrogens with two attached hydrogens (primary N) is 3. The number of rotatable bonds is 25. The van der Waals surface area contributed by atoms with E-state index in [9.17, 15) is 37.2 Å². The number of hydrogen-bond acceptors (Lipinski definition) is 34. The lowest BCUT2D eigenvalue weighted by Gasteiger charge is -2.34. The minimum Gasteiger partial charge on any atom is -0.461 e. The van der Waals surface area contributed by atoms with Crippen LogP contribution in [0, 0.1) is 0 Å². The van der Waals surface area contributed by atoms with Crippen molar-refractivity contribution in [1.82, 2.24) is 80.8 Å². The fourth-order valence-corrected chi connectivity index (χ4v) is 11.3. The highest BCUT2D eigenvalue weighted by molar-refractivity contribution is 7.98. The maximum absolute atomic E-state index is 12.4. The highest BCUT2D eigenvalue weighted by Gasteiger charge is 2.30. The Balaban J connectivity index is 0.000000227. The van der Waals surface area contributed by atoms with Crippen LogP contribution < -0.4 is 43.8 Å². The van der Waals surface area contributed by atoms with E-state index in [1.54, 1.807) is 37.1 Å². The topological polar surface area (TPSA) is 499 Å². The normalized spacial score (nSPS) is 12.4. The number of carbonyl (C=O) groups excluding carboxylic acids is 6. The zero-order valence-corrected chi connectivity index (χ0v) is 70.3. The maximum atomic E-state index is 12.4. The van der Waals surface area contributed by atoms with Crippen LogP contribution in [0.4, 0.5) is 56.8 Å². The van der Waals surface area contributed by atoms with Crippen LogP contribution in [-0.2, 0) is 24.0 Å². The van der Waals surface area contributed by atoms with E-state index in [2.05, 4.69) is 158 Å². The molecule has 0 saturated carbocycles. The molecular formula is C74H95ClN24O11S4. The number of esters is 2. The molecule has 4 amide bonds. The fourth-order valence-electron chi connectivity index (χ4n) is 9.66. The van der Waals surface area contributed by atoms with E-state index in [1.807, 2.05) is 118 Å². The quantitative estimate of drug-likeness (QED) is 0.0150. The summed E-state index contributed by atoms with van der Waals surface area (Å²) in [5, 5.41) is 54.0. The van der Waals surface area contributed by atoms with E-state index < -0.39 is 50.3 Å². The molecule has 0 spiro atoms. The van der Waals surface area contributed by atoms with Gasteiger partial charge in [-0.15, -0.1) is 51.0 Å². The molecule has 1 aliphatic heterocycles. The molecule has 0 aliphatic carbocycles. The van der Waals surface area contributed by atoms with Crippen LogP contribution >= 0.6 is 46.9 Å². The first-order valence-corrected chi connectivity index (χ1v) is 41.6. The molecule has 1 atom stereocenters. The number of halogens is 1. The number of nitrogens with one attached hydrogen (secondary N) is 5. The van der Waals surface area contributed by atoms with E-state index >= 15 is 0 Å². The standard InChI is InChI=1S/C23H33N7O3.C16H20N4O2S.C14H17N5O3S.C14H17N5OS.C7H8ClN3O2S/c1-14(2)15-8-10-16(11-9-15)25-20-18(19(24)31)28-29-21(27-20)26-17-7-6-12-30(13-17)22(32)33-23(3,4)5;1-5-22-15(21)13-14(18-16(23-4)20-19-13)17-12-8-6-11(7-9-12)10(2)3;1-8(2)9-4-6-10(7-5-9)16-13-11(12(15)20)18-19-14(17-13)23(3,21)22;1-8(2)9-4-6-10(7-5-9)16-13-11(12(15)20)18-19-14(17-13)21-3;1-3-13-6(12)4-5(8)9-7(14-2)11-10-4/h8-11,14,17H,6-7,12-13H2,1-5H3,(H2,24,31)(H2,25,26,27,29);6-10H,5H2,1-4H3,(H,17,18,20);4-8H,1-3H3,(H2,15,20)(H,16,17,19);4-8H,1-3H3,(H2,15,20)(H,16,17,19);3H2,1-2H3/t17-;;;;/m0..../s1. The van der Waals surface area contributed by atoms with Crippen molar-refractivity contribution in [3.05, 3.63) is 153 Å². The van der Waals surface area contributed by atoms with Crippen molar-refractivity contribution in [2.75, 3.05) is 77.9 Å². The zero-order chi connectivity index (χ0) is 84.1. The van der Waals surface area contributed by atoms with Crippen LogP contribution in [0.3, 0.4) is 0 Å². The molecule has 1 aliphatic rings. The number of ether oxygens (including phenoxy) is 3. The van der Waals surface area contributed by atoms with Crippen LogP contribution in [0.5, 0.6) is 0 Å². The first-order valence-electron chi connectivity index (χ1n) is 35.6. The number of sulfone groups is 1. The van der Waals surface area contributed by atoms with Crippen LogP contribution in [0.2, 0.25) is 5.15 Å². The number of aromatic nitrogens is 15. The van der Waals surface area contributed by atoms with Gasteiger partial charge in [-0.1, -0.05) is 151 Å². The second-order valence-electron chi connectivity index (χ2n) is 26.9. The van der Waals surface area contributed by atoms with Gasteiger partial charge in [-0.3, -0.25) is 14.4 Å². The van der Waals surface area contributed by atoms with Gasteiger partial charge in [-0.25, -0.2) is 37.8 Å². The van der Waals surface area contributed by atoms with Gasteiger partial charge in [0.25, 0.3) is 22.9 Å². The predicted molar refractivity (Wildman–Crippen MR) is 440 cm³/mol. The molecule has 114 heavy (non-hydrogen) atoms. The van der Waals surface area contributed by atoms with Crippen LogP contribution in [0.25, 0.3) is 0 Å². The smallest absolute Gasteiger partial charge is 0.410 e. The lowest BCUT2D eigenvalue weighted by atomic mass is 10.0. The predicted octanol–water partition coefficient (Wildman–Crippen LogP) is 12.5. The van der Waals surface area contributed by atoms with Crippen molar-refractivity contribution < 1.29 is 51.4 Å². The Morgan fingerprint density at radius 1 is 0.491 bits per heavy atom. The fraction of sp³-hybridized carbons (Fsp3) is 0.392. The third kappa shape index (κ3) is 28.8. The van der Waals surface area contributed by atoms with Gasteiger partial charge in [-0.2, -0.15) is 9.97 Å². The van der Waals surface area contributed by atoms with E-state index in [0.717, 1.165) is 41.7 Å². The lowest BCUT2D eigenvalue weighted by Crippen LogP contribution is -2.47. The summed E-state index contributed by atoms with van der Waals surface area (Å²) in [5.41, 5.74) is 23.0.